The average Bonchev–Trinajstić information content (AvgIpc) is 3.33. The summed E-state index contributed by atoms with van der Waals surface area (Å²) in [6, 6.07) is 11.3. The second kappa shape index (κ2) is 9.87. The van der Waals surface area contributed by atoms with E-state index in [2.05, 4.69) is 35.6 Å². The number of carbonyl (C=O) groups is 1. The van der Waals surface area contributed by atoms with Crippen molar-refractivity contribution in [1.82, 2.24) is 4.72 Å². The largest absolute Gasteiger partial charge is 0.480 e. The zero-order chi connectivity index (χ0) is 19.9. The Balaban J connectivity index is 0.000000817. The molecule has 0 amide bonds. The first-order valence-electron chi connectivity index (χ1n) is 9.04. The lowest BCUT2D eigenvalue weighted by Crippen LogP contribution is -2.28. The summed E-state index contributed by atoms with van der Waals surface area (Å²) in [5, 5.41) is 8.60. The lowest BCUT2D eigenvalue weighted by Gasteiger charge is -2.17. The molecule has 1 aromatic heterocycles. The van der Waals surface area contributed by atoms with E-state index < -0.39 is 22.5 Å². The summed E-state index contributed by atoms with van der Waals surface area (Å²) in [5.41, 5.74) is 2.13. The number of carboxylic acids is 1. The van der Waals surface area contributed by atoms with Crippen molar-refractivity contribution in [3.05, 3.63) is 36.4 Å². The Labute approximate surface area is 164 Å². The number of carboxylic acid groups (broad SMARTS) is 1. The molecule has 0 aliphatic carbocycles. The number of hydrogen-bond acceptors (Lipinski definition) is 5. The van der Waals surface area contributed by atoms with Gasteiger partial charge in [0.1, 0.15) is 10.8 Å². The molecular formula is C19H26N2O4S2. The van der Waals surface area contributed by atoms with E-state index >= 15 is 0 Å². The Morgan fingerprint density at radius 3 is 2.26 bits per heavy atom. The number of rotatable bonds is 6. The first kappa shape index (κ1) is 21.4. The lowest BCUT2D eigenvalue weighted by molar-refractivity contribution is -0.135. The number of benzene rings is 1. The second-order valence-electron chi connectivity index (χ2n) is 6.29. The fourth-order valence-corrected chi connectivity index (χ4v) is 4.99. The van der Waals surface area contributed by atoms with Crippen LogP contribution < -0.4 is 9.62 Å². The van der Waals surface area contributed by atoms with Crippen molar-refractivity contribution in [2.75, 3.05) is 24.5 Å². The summed E-state index contributed by atoms with van der Waals surface area (Å²) < 4.78 is 26.3. The first-order valence-corrected chi connectivity index (χ1v) is 11.3. The molecule has 6 nitrogen and oxygen atoms in total. The molecule has 0 atom stereocenters. The van der Waals surface area contributed by atoms with E-state index in [1.807, 2.05) is 12.1 Å². The molecule has 27 heavy (non-hydrogen) atoms. The summed E-state index contributed by atoms with van der Waals surface area (Å²) in [4.78, 5) is 13.7. The van der Waals surface area contributed by atoms with Gasteiger partial charge in [0.15, 0.2) is 0 Å². The quantitative estimate of drug-likeness (QED) is 0.756. The summed E-state index contributed by atoms with van der Waals surface area (Å²) in [5.74, 6) is -1.21. The zero-order valence-corrected chi connectivity index (χ0v) is 17.3. The molecule has 0 saturated carbocycles. The van der Waals surface area contributed by atoms with Gasteiger partial charge in [-0.15, -0.1) is 11.3 Å². The summed E-state index contributed by atoms with van der Waals surface area (Å²) >= 11 is 1.13. The van der Waals surface area contributed by atoms with E-state index in [-0.39, 0.29) is 4.21 Å². The second-order valence-corrected chi connectivity index (χ2v) is 9.36. The Kier molecular flexibility index (Phi) is 7.82. The molecule has 2 heterocycles. The van der Waals surface area contributed by atoms with Gasteiger partial charge in [-0.05, 0) is 42.7 Å². The standard InChI is InChI=1S/C16H18N2O4S2.C3H8/c19-15(20)11-17-24(21,22)16-8-7-14(23-16)12-3-5-13(6-4-12)18-9-1-2-10-18;1-3-2/h3-8,17H,1-2,9-11H2,(H,19,20);3H2,1-2H3. The monoisotopic (exact) mass is 410 g/mol. The molecule has 2 N–H and O–H groups in total. The molecule has 2 aromatic rings. The number of nitrogens with one attached hydrogen (secondary N) is 1. The molecule has 148 valence electrons. The van der Waals surface area contributed by atoms with Gasteiger partial charge in [-0.25, -0.2) is 8.42 Å². The average molecular weight is 411 g/mol. The van der Waals surface area contributed by atoms with E-state index in [9.17, 15) is 13.2 Å². The SMILES string of the molecule is CCC.O=C(O)CNS(=O)(=O)c1ccc(-c2ccc(N3CCCC3)cc2)s1. The van der Waals surface area contributed by atoms with Crippen LogP contribution in [0, 0.1) is 0 Å². The third-order valence-corrected chi connectivity index (χ3v) is 6.91. The van der Waals surface area contributed by atoms with Gasteiger partial charge in [0.05, 0.1) is 0 Å². The normalized spacial score (nSPS) is 13.9. The third kappa shape index (κ3) is 6.05. The van der Waals surface area contributed by atoms with Gasteiger partial charge in [-0.1, -0.05) is 32.4 Å². The topological polar surface area (TPSA) is 86.7 Å². The fourth-order valence-electron chi connectivity index (χ4n) is 2.66. The lowest BCUT2D eigenvalue weighted by atomic mass is 10.1. The molecule has 0 bridgehead atoms. The van der Waals surface area contributed by atoms with Crippen LogP contribution in [-0.4, -0.2) is 39.1 Å². The van der Waals surface area contributed by atoms with Crippen molar-refractivity contribution < 1.29 is 18.3 Å². The van der Waals surface area contributed by atoms with E-state index in [0.29, 0.717) is 0 Å². The minimum Gasteiger partial charge on any atom is -0.480 e. The van der Waals surface area contributed by atoms with Crippen LogP contribution in [0.1, 0.15) is 33.1 Å². The highest BCUT2D eigenvalue weighted by atomic mass is 32.2. The molecule has 1 aliphatic heterocycles. The van der Waals surface area contributed by atoms with E-state index in [0.717, 1.165) is 34.9 Å². The Bertz CT molecular complexity index is 839. The highest BCUT2D eigenvalue weighted by molar-refractivity contribution is 7.91. The maximum Gasteiger partial charge on any atom is 0.318 e. The van der Waals surface area contributed by atoms with Crippen molar-refractivity contribution in [2.45, 2.75) is 37.3 Å². The van der Waals surface area contributed by atoms with Gasteiger partial charge in [-0.3, -0.25) is 4.79 Å². The van der Waals surface area contributed by atoms with Crippen LogP contribution in [0.2, 0.25) is 0 Å². The zero-order valence-electron chi connectivity index (χ0n) is 15.6. The van der Waals surface area contributed by atoms with Crippen molar-refractivity contribution >= 4 is 33.0 Å². The molecule has 1 aromatic carbocycles. The molecule has 3 rings (SSSR count). The predicted octanol–water partition coefficient (Wildman–Crippen LogP) is 3.79. The Hall–Kier alpha value is -1.90. The summed E-state index contributed by atoms with van der Waals surface area (Å²) in [6.45, 7) is 5.78. The number of sulfonamides is 1. The van der Waals surface area contributed by atoms with Crippen LogP contribution >= 0.6 is 11.3 Å². The predicted molar refractivity (Wildman–Crippen MR) is 110 cm³/mol. The minimum atomic E-state index is -3.78. The highest BCUT2D eigenvalue weighted by Crippen LogP contribution is 2.32. The van der Waals surface area contributed by atoms with Gasteiger partial charge < -0.3 is 10.0 Å². The van der Waals surface area contributed by atoms with Gasteiger partial charge >= 0.3 is 5.97 Å². The van der Waals surface area contributed by atoms with Gasteiger partial charge in [0, 0.05) is 23.7 Å². The minimum absolute atomic E-state index is 0.113. The third-order valence-electron chi connectivity index (χ3n) is 3.88. The van der Waals surface area contributed by atoms with E-state index in [1.54, 1.807) is 6.07 Å². The van der Waals surface area contributed by atoms with Crippen LogP contribution in [0.3, 0.4) is 0 Å². The highest BCUT2D eigenvalue weighted by Gasteiger charge is 2.18. The molecule has 0 spiro atoms. The van der Waals surface area contributed by atoms with Crippen molar-refractivity contribution in [1.29, 1.82) is 0 Å². The van der Waals surface area contributed by atoms with Crippen molar-refractivity contribution in [2.24, 2.45) is 0 Å². The maximum absolute atomic E-state index is 12.0. The molecule has 0 unspecified atom stereocenters. The molecule has 1 fully saturated rings. The number of hydrogen-bond donors (Lipinski definition) is 2. The first-order chi connectivity index (χ1) is 12.9. The van der Waals surface area contributed by atoms with E-state index in [4.69, 9.17) is 5.11 Å². The molecule has 8 heteroatoms. The van der Waals surface area contributed by atoms with Gasteiger partial charge in [0.2, 0.25) is 0 Å². The van der Waals surface area contributed by atoms with E-state index in [1.165, 1.54) is 31.0 Å². The van der Waals surface area contributed by atoms with Crippen LogP contribution in [0.4, 0.5) is 5.69 Å². The maximum atomic E-state index is 12.0. The number of anilines is 1. The Morgan fingerprint density at radius 2 is 1.70 bits per heavy atom. The van der Waals surface area contributed by atoms with Gasteiger partial charge in [0.25, 0.3) is 10.0 Å². The van der Waals surface area contributed by atoms with Crippen LogP contribution in [-0.2, 0) is 14.8 Å². The molecule has 1 saturated heterocycles. The fraction of sp³-hybridized carbons (Fsp3) is 0.421. The van der Waals surface area contributed by atoms with Crippen LogP contribution in [0.25, 0.3) is 10.4 Å². The van der Waals surface area contributed by atoms with Gasteiger partial charge in [-0.2, -0.15) is 4.72 Å². The Morgan fingerprint density at radius 1 is 1.11 bits per heavy atom. The summed E-state index contributed by atoms with van der Waals surface area (Å²) in [7, 11) is -3.78. The smallest absolute Gasteiger partial charge is 0.318 e. The molecule has 0 radical (unpaired) electrons. The number of thiophene rings is 1. The summed E-state index contributed by atoms with van der Waals surface area (Å²) in [6.07, 6.45) is 3.69. The van der Waals surface area contributed by atoms with Crippen LogP contribution in [0.15, 0.2) is 40.6 Å². The molecule has 1 aliphatic rings. The van der Waals surface area contributed by atoms with Crippen LogP contribution in [0.5, 0.6) is 0 Å². The van der Waals surface area contributed by atoms with Crippen molar-refractivity contribution in [3.8, 4) is 10.4 Å². The number of aliphatic carboxylic acids is 1. The number of nitrogens with zero attached hydrogens (tertiary/aromatic N) is 1. The van der Waals surface area contributed by atoms with Crippen molar-refractivity contribution in [3.63, 3.8) is 0 Å². The molecular weight excluding hydrogens is 384 g/mol.